The second-order valence-electron chi connectivity index (χ2n) is 4.12. The van der Waals surface area contributed by atoms with Gasteiger partial charge in [0.1, 0.15) is 0 Å². The van der Waals surface area contributed by atoms with Crippen molar-refractivity contribution in [3.8, 4) is 0 Å². The van der Waals surface area contributed by atoms with Crippen LogP contribution in [0.4, 0.5) is 5.69 Å². The maximum atomic E-state index is 12.1. The summed E-state index contributed by atoms with van der Waals surface area (Å²) in [6.07, 6.45) is 4.00. The normalized spacial score (nSPS) is 14.1. The van der Waals surface area contributed by atoms with Crippen LogP contribution < -0.4 is 4.72 Å². The van der Waals surface area contributed by atoms with Gasteiger partial charge in [0.2, 0.25) is 0 Å². The Labute approximate surface area is 115 Å². The lowest BCUT2D eigenvalue weighted by Crippen LogP contribution is -2.12. The first-order valence-corrected chi connectivity index (χ1v) is 8.05. The molecule has 19 heavy (non-hydrogen) atoms. The highest BCUT2D eigenvalue weighted by molar-refractivity contribution is 7.94. The molecule has 0 spiro atoms. The van der Waals surface area contributed by atoms with Gasteiger partial charge in [0.05, 0.1) is 11.7 Å². The Morgan fingerprint density at radius 2 is 2.21 bits per heavy atom. The first-order chi connectivity index (χ1) is 9.15. The number of aromatic nitrogens is 1. The largest absolute Gasteiger partial charge is 0.292 e. The highest BCUT2D eigenvalue weighted by atomic mass is 32.2. The van der Waals surface area contributed by atoms with Crippen molar-refractivity contribution in [2.75, 3.05) is 11.3 Å². The Hall–Kier alpha value is -1.73. The van der Waals surface area contributed by atoms with E-state index in [1.807, 2.05) is 18.3 Å². The van der Waals surface area contributed by atoms with Crippen molar-refractivity contribution in [3.05, 3.63) is 41.0 Å². The predicted molar refractivity (Wildman–Crippen MR) is 75.5 cm³/mol. The Kier molecular flexibility index (Phi) is 3.08. The van der Waals surface area contributed by atoms with E-state index in [1.54, 1.807) is 6.07 Å². The van der Waals surface area contributed by atoms with Gasteiger partial charge in [-0.25, -0.2) is 8.42 Å². The highest BCUT2D eigenvalue weighted by Crippen LogP contribution is 2.22. The summed E-state index contributed by atoms with van der Waals surface area (Å²) in [5.41, 5.74) is 4.23. The summed E-state index contributed by atoms with van der Waals surface area (Å²) in [7, 11) is -3.52. The van der Waals surface area contributed by atoms with Crippen molar-refractivity contribution < 1.29 is 8.42 Å². The van der Waals surface area contributed by atoms with Crippen LogP contribution in [0, 0.1) is 0 Å². The molecule has 0 bridgehead atoms. The van der Waals surface area contributed by atoms with Gasteiger partial charge in [-0.3, -0.25) is 14.7 Å². The zero-order chi connectivity index (χ0) is 13.3. The summed E-state index contributed by atoms with van der Waals surface area (Å²) in [6, 6.07) is 5.48. The summed E-state index contributed by atoms with van der Waals surface area (Å²) in [6.45, 7) is 0.748. The Morgan fingerprint density at radius 1 is 1.32 bits per heavy atom. The van der Waals surface area contributed by atoms with Gasteiger partial charge in [-0.2, -0.15) is 0 Å². The lowest BCUT2D eigenvalue weighted by atomic mass is 10.0. The fourth-order valence-corrected chi connectivity index (χ4v) is 3.75. The van der Waals surface area contributed by atoms with E-state index >= 15 is 0 Å². The fourth-order valence-electron chi connectivity index (χ4n) is 1.90. The Bertz CT molecular complexity index is 721. The van der Waals surface area contributed by atoms with E-state index < -0.39 is 10.0 Å². The van der Waals surface area contributed by atoms with Crippen molar-refractivity contribution >= 4 is 33.3 Å². The van der Waals surface area contributed by atoms with E-state index in [2.05, 4.69) is 14.7 Å². The van der Waals surface area contributed by atoms with E-state index in [9.17, 15) is 8.42 Å². The quantitative estimate of drug-likeness (QED) is 0.939. The molecule has 0 aliphatic carbocycles. The number of hydrogen-bond donors (Lipinski definition) is 1. The van der Waals surface area contributed by atoms with Crippen LogP contribution in [-0.2, 0) is 16.4 Å². The molecule has 3 rings (SSSR count). The lowest BCUT2D eigenvalue weighted by molar-refractivity contribution is 0.603. The Balaban J connectivity index is 1.90. The molecule has 1 aromatic carbocycles. The van der Waals surface area contributed by atoms with Crippen LogP contribution >= 0.6 is 11.3 Å². The molecular formula is C12H11N3O2S2. The van der Waals surface area contributed by atoms with Crippen LogP contribution in [0.2, 0.25) is 0 Å². The van der Waals surface area contributed by atoms with Crippen molar-refractivity contribution in [2.24, 2.45) is 4.99 Å². The number of thiazole rings is 1. The molecule has 98 valence electrons. The van der Waals surface area contributed by atoms with Crippen molar-refractivity contribution in [3.63, 3.8) is 0 Å². The summed E-state index contributed by atoms with van der Waals surface area (Å²) in [5.74, 6) is 0. The molecule has 0 amide bonds. The van der Waals surface area contributed by atoms with Crippen molar-refractivity contribution in [1.82, 2.24) is 4.98 Å². The van der Waals surface area contributed by atoms with E-state index in [0.717, 1.165) is 35.4 Å². The van der Waals surface area contributed by atoms with Gasteiger partial charge in [0.15, 0.2) is 4.21 Å². The number of nitrogens with one attached hydrogen (secondary N) is 1. The number of rotatable bonds is 3. The van der Waals surface area contributed by atoms with Gasteiger partial charge in [-0.15, -0.1) is 11.3 Å². The number of fused-ring (bicyclic) bond motifs is 1. The molecule has 2 heterocycles. The zero-order valence-electron chi connectivity index (χ0n) is 9.91. The topological polar surface area (TPSA) is 71.4 Å². The van der Waals surface area contributed by atoms with Gasteiger partial charge in [0, 0.05) is 18.4 Å². The fraction of sp³-hybridized carbons (Fsp3) is 0.167. The average Bonchev–Trinajstić information content (AvgIpc) is 2.93. The molecule has 0 radical (unpaired) electrons. The molecule has 2 aromatic rings. The van der Waals surface area contributed by atoms with Crippen LogP contribution in [-0.4, -0.2) is 26.2 Å². The number of anilines is 1. The number of benzene rings is 1. The molecule has 0 saturated heterocycles. The summed E-state index contributed by atoms with van der Waals surface area (Å²) >= 11 is 1.10. The van der Waals surface area contributed by atoms with Crippen LogP contribution in [0.3, 0.4) is 0 Å². The molecule has 1 N–H and O–H groups in total. The molecule has 0 fully saturated rings. The molecule has 0 saturated carbocycles. The van der Waals surface area contributed by atoms with E-state index in [0.29, 0.717) is 5.69 Å². The minimum Gasteiger partial charge on any atom is -0.292 e. The van der Waals surface area contributed by atoms with Gasteiger partial charge >= 0.3 is 0 Å². The predicted octanol–water partition coefficient (Wildman–Crippen LogP) is 1.92. The lowest BCUT2D eigenvalue weighted by Gasteiger charge is -2.12. The Morgan fingerprint density at radius 3 is 3.00 bits per heavy atom. The van der Waals surface area contributed by atoms with Crippen LogP contribution in [0.15, 0.2) is 39.1 Å². The van der Waals surface area contributed by atoms with E-state index in [-0.39, 0.29) is 4.21 Å². The van der Waals surface area contributed by atoms with Gasteiger partial charge in [-0.05, 0) is 29.7 Å². The average molecular weight is 293 g/mol. The third-order valence-electron chi connectivity index (χ3n) is 2.81. The molecule has 0 atom stereocenters. The molecule has 1 aliphatic heterocycles. The summed E-state index contributed by atoms with van der Waals surface area (Å²) in [4.78, 5) is 7.98. The van der Waals surface area contributed by atoms with Crippen LogP contribution in [0.1, 0.15) is 11.1 Å². The molecule has 1 aliphatic rings. The van der Waals surface area contributed by atoms with Crippen molar-refractivity contribution in [1.29, 1.82) is 0 Å². The molecule has 1 aromatic heterocycles. The molecular weight excluding hydrogens is 282 g/mol. The monoisotopic (exact) mass is 293 g/mol. The van der Waals surface area contributed by atoms with Crippen molar-refractivity contribution in [2.45, 2.75) is 10.6 Å². The maximum Gasteiger partial charge on any atom is 0.273 e. The first kappa shape index (κ1) is 12.3. The third kappa shape index (κ3) is 2.52. The summed E-state index contributed by atoms with van der Waals surface area (Å²) < 4.78 is 26.9. The second kappa shape index (κ2) is 4.75. The van der Waals surface area contributed by atoms with Gasteiger partial charge in [-0.1, -0.05) is 6.07 Å². The maximum absolute atomic E-state index is 12.1. The standard InChI is InChI=1S/C12H11N3O2S2/c16-19(17,12-7-14-8-18-12)15-11-2-1-10-6-13-4-3-9(10)5-11/h1-2,5-8,15H,3-4H2. The van der Waals surface area contributed by atoms with Gasteiger partial charge < -0.3 is 0 Å². The molecule has 7 heteroatoms. The van der Waals surface area contributed by atoms with E-state index in [1.165, 1.54) is 11.7 Å². The number of aliphatic imine (C=N–C) groups is 1. The first-order valence-electron chi connectivity index (χ1n) is 5.69. The number of nitrogens with zero attached hydrogens (tertiary/aromatic N) is 2. The van der Waals surface area contributed by atoms with Crippen LogP contribution in [0.25, 0.3) is 0 Å². The highest BCUT2D eigenvalue weighted by Gasteiger charge is 2.16. The van der Waals surface area contributed by atoms with Crippen LogP contribution in [0.5, 0.6) is 0 Å². The van der Waals surface area contributed by atoms with Gasteiger partial charge in [0.25, 0.3) is 10.0 Å². The molecule has 0 unspecified atom stereocenters. The molecule has 5 nitrogen and oxygen atoms in total. The smallest absolute Gasteiger partial charge is 0.273 e. The second-order valence-corrected chi connectivity index (χ2v) is 6.92. The summed E-state index contributed by atoms with van der Waals surface area (Å²) in [5, 5.41) is 0. The number of hydrogen-bond acceptors (Lipinski definition) is 5. The zero-order valence-corrected chi connectivity index (χ0v) is 11.5. The number of sulfonamides is 1. The third-order valence-corrected chi connectivity index (χ3v) is 5.46. The minimum atomic E-state index is -3.52. The minimum absolute atomic E-state index is 0.215. The SMILES string of the molecule is O=S(=O)(Nc1ccc2c(c1)CCN=C2)c1cncs1. The van der Waals surface area contributed by atoms with E-state index in [4.69, 9.17) is 0 Å².